The average Bonchev–Trinajstić information content (AvgIpc) is 3.24. The summed E-state index contributed by atoms with van der Waals surface area (Å²) in [7, 11) is 0. The van der Waals surface area contributed by atoms with E-state index in [1.807, 2.05) is 6.92 Å². The summed E-state index contributed by atoms with van der Waals surface area (Å²) in [5.41, 5.74) is 1.42. The van der Waals surface area contributed by atoms with Crippen molar-refractivity contribution in [3.63, 3.8) is 0 Å². The maximum absolute atomic E-state index is 12.0. The Balaban J connectivity index is 1.44. The average molecular weight is 415 g/mol. The number of likely N-dealkylation sites (tertiary alicyclic amines) is 2. The maximum atomic E-state index is 12.0. The van der Waals surface area contributed by atoms with E-state index in [0.717, 1.165) is 64.5 Å². The SMILES string of the molecule is CCNC(=NCC1CCN(CCc2ccccc2)C1)N1CCC(C(=O)OCC)CC1. The van der Waals surface area contributed by atoms with Crippen molar-refractivity contribution < 1.29 is 9.53 Å². The topological polar surface area (TPSA) is 57.2 Å². The third-order valence-corrected chi connectivity index (χ3v) is 6.18. The smallest absolute Gasteiger partial charge is 0.309 e. The number of aliphatic imine (C=N–C) groups is 1. The highest BCUT2D eigenvalue weighted by molar-refractivity contribution is 5.80. The van der Waals surface area contributed by atoms with Gasteiger partial charge in [-0.15, -0.1) is 0 Å². The van der Waals surface area contributed by atoms with Gasteiger partial charge in [-0.05, 0) is 57.6 Å². The number of esters is 1. The molecule has 0 bridgehead atoms. The summed E-state index contributed by atoms with van der Waals surface area (Å²) in [4.78, 5) is 21.8. The molecule has 30 heavy (non-hydrogen) atoms. The van der Waals surface area contributed by atoms with Gasteiger partial charge in [-0.1, -0.05) is 30.3 Å². The third kappa shape index (κ3) is 6.73. The van der Waals surface area contributed by atoms with Gasteiger partial charge in [-0.25, -0.2) is 0 Å². The van der Waals surface area contributed by atoms with Gasteiger partial charge in [0.25, 0.3) is 0 Å². The van der Waals surface area contributed by atoms with Crippen molar-refractivity contribution in [3.05, 3.63) is 35.9 Å². The van der Waals surface area contributed by atoms with Crippen molar-refractivity contribution in [2.75, 3.05) is 52.4 Å². The van der Waals surface area contributed by atoms with Gasteiger partial charge in [0.1, 0.15) is 0 Å². The number of ether oxygens (including phenoxy) is 1. The fourth-order valence-corrected chi connectivity index (χ4v) is 4.43. The molecule has 0 aromatic heterocycles. The Hall–Kier alpha value is -2.08. The van der Waals surface area contributed by atoms with Gasteiger partial charge in [-0.2, -0.15) is 0 Å². The molecular formula is C24H38N4O2. The van der Waals surface area contributed by atoms with Gasteiger partial charge in [0.2, 0.25) is 0 Å². The molecule has 3 rings (SSSR count). The van der Waals surface area contributed by atoms with Crippen molar-refractivity contribution >= 4 is 11.9 Å². The molecule has 0 spiro atoms. The van der Waals surface area contributed by atoms with Gasteiger partial charge < -0.3 is 19.9 Å². The highest BCUT2D eigenvalue weighted by Gasteiger charge is 2.28. The van der Waals surface area contributed by atoms with Crippen LogP contribution >= 0.6 is 0 Å². The van der Waals surface area contributed by atoms with Crippen LogP contribution in [-0.2, 0) is 16.0 Å². The zero-order valence-electron chi connectivity index (χ0n) is 18.7. The monoisotopic (exact) mass is 414 g/mol. The standard InChI is InChI=1S/C24H38N4O2/c1-3-25-24(28-16-12-22(13-17-28)23(29)30-4-2)26-18-21-11-15-27(19-21)14-10-20-8-6-5-7-9-20/h5-9,21-22H,3-4,10-19H2,1-2H3,(H,25,26). The first-order valence-electron chi connectivity index (χ1n) is 11.7. The lowest BCUT2D eigenvalue weighted by Crippen LogP contribution is -2.47. The summed E-state index contributed by atoms with van der Waals surface area (Å²) in [6, 6.07) is 10.7. The van der Waals surface area contributed by atoms with Crippen LogP contribution in [-0.4, -0.2) is 74.1 Å². The fraction of sp³-hybridized carbons (Fsp3) is 0.667. The zero-order chi connectivity index (χ0) is 21.2. The number of carbonyl (C=O) groups is 1. The molecule has 2 aliphatic heterocycles. The lowest BCUT2D eigenvalue weighted by atomic mass is 9.97. The lowest BCUT2D eigenvalue weighted by molar-refractivity contribution is -0.149. The van der Waals surface area contributed by atoms with E-state index in [1.54, 1.807) is 0 Å². The molecule has 166 valence electrons. The number of hydrogen-bond acceptors (Lipinski definition) is 4. The molecule has 2 fully saturated rings. The highest BCUT2D eigenvalue weighted by atomic mass is 16.5. The summed E-state index contributed by atoms with van der Waals surface area (Å²) in [6.07, 6.45) is 4.04. The summed E-state index contributed by atoms with van der Waals surface area (Å²) >= 11 is 0. The molecule has 1 atom stereocenters. The molecule has 1 aromatic rings. The van der Waals surface area contributed by atoms with Crippen LogP contribution in [0.3, 0.4) is 0 Å². The quantitative estimate of drug-likeness (QED) is 0.403. The number of nitrogens with zero attached hydrogens (tertiary/aromatic N) is 3. The normalized spacial score (nSPS) is 21.1. The molecule has 0 radical (unpaired) electrons. The first kappa shape index (κ1) is 22.6. The number of benzene rings is 1. The van der Waals surface area contributed by atoms with E-state index in [2.05, 4.69) is 52.4 Å². The summed E-state index contributed by atoms with van der Waals surface area (Å²) in [6.45, 7) is 11.4. The number of nitrogens with one attached hydrogen (secondary N) is 1. The van der Waals surface area contributed by atoms with Gasteiger partial charge in [-0.3, -0.25) is 9.79 Å². The minimum absolute atomic E-state index is 0.0390. The number of guanidine groups is 1. The van der Waals surface area contributed by atoms with Crippen LogP contribution in [0.4, 0.5) is 0 Å². The van der Waals surface area contributed by atoms with Crippen molar-refractivity contribution in [1.29, 1.82) is 0 Å². The molecular weight excluding hydrogens is 376 g/mol. The molecule has 2 heterocycles. The predicted octanol–water partition coefficient (Wildman–Crippen LogP) is 2.79. The van der Waals surface area contributed by atoms with E-state index in [0.29, 0.717) is 12.5 Å². The summed E-state index contributed by atoms with van der Waals surface area (Å²) < 4.78 is 5.19. The molecule has 1 unspecified atom stereocenters. The van der Waals surface area contributed by atoms with Gasteiger partial charge >= 0.3 is 5.97 Å². The number of hydrogen-bond donors (Lipinski definition) is 1. The Morgan fingerprint density at radius 2 is 1.90 bits per heavy atom. The highest BCUT2D eigenvalue weighted by Crippen LogP contribution is 2.20. The van der Waals surface area contributed by atoms with E-state index < -0.39 is 0 Å². The number of piperidine rings is 1. The Labute approximate surface area is 181 Å². The van der Waals surface area contributed by atoms with Crippen LogP contribution in [0.1, 0.15) is 38.7 Å². The molecule has 0 saturated carbocycles. The minimum Gasteiger partial charge on any atom is -0.466 e. The molecule has 2 aliphatic rings. The largest absolute Gasteiger partial charge is 0.466 e. The lowest BCUT2D eigenvalue weighted by Gasteiger charge is -2.33. The molecule has 1 aromatic carbocycles. The van der Waals surface area contributed by atoms with Gasteiger partial charge in [0, 0.05) is 39.3 Å². The first-order chi connectivity index (χ1) is 14.7. The Kier molecular flexibility index (Phi) is 9.00. The maximum Gasteiger partial charge on any atom is 0.309 e. The molecule has 6 heteroatoms. The molecule has 2 saturated heterocycles. The van der Waals surface area contributed by atoms with Crippen LogP contribution in [0, 0.1) is 11.8 Å². The second-order valence-electron chi connectivity index (χ2n) is 8.40. The van der Waals surface area contributed by atoms with Gasteiger partial charge in [0.15, 0.2) is 5.96 Å². The third-order valence-electron chi connectivity index (χ3n) is 6.18. The van der Waals surface area contributed by atoms with Crippen molar-refractivity contribution in [2.45, 2.75) is 39.5 Å². The summed E-state index contributed by atoms with van der Waals surface area (Å²) in [5.74, 6) is 1.63. The van der Waals surface area contributed by atoms with Crippen LogP contribution in [0.5, 0.6) is 0 Å². The Morgan fingerprint density at radius 3 is 2.60 bits per heavy atom. The molecule has 0 aliphatic carbocycles. The van der Waals surface area contributed by atoms with Gasteiger partial charge in [0.05, 0.1) is 12.5 Å². The van der Waals surface area contributed by atoms with Crippen molar-refractivity contribution in [2.24, 2.45) is 16.8 Å². The van der Waals surface area contributed by atoms with Crippen molar-refractivity contribution in [1.82, 2.24) is 15.1 Å². The zero-order valence-corrected chi connectivity index (χ0v) is 18.7. The fourth-order valence-electron chi connectivity index (χ4n) is 4.43. The number of carbonyl (C=O) groups excluding carboxylic acids is 1. The Morgan fingerprint density at radius 1 is 1.13 bits per heavy atom. The van der Waals surface area contributed by atoms with Crippen LogP contribution < -0.4 is 5.32 Å². The molecule has 0 amide bonds. The van der Waals surface area contributed by atoms with Crippen molar-refractivity contribution in [3.8, 4) is 0 Å². The summed E-state index contributed by atoms with van der Waals surface area (Å²) in [5, 5.41) is 3.45. The second-order valence-corrected chi connectivity index (χ2v) is 8.40. The van der Waals surface area contributed by atoms with E-state index in [1.165, 1.54) is 18.5 Å². The number of rotatable bonds is 8. The molecule has 1 N–H and O–H groups in total. The van der Waals surface area contributed by atoms with E-state index >= 15 is 0 Å². The predicted molar refractivity (Wildman–Crippen MR) is 122 cm³/mol. The minimum atomic E-state index is -0.0411. The Bertz CT molecular complexity index is 671. The van der Waals surface area contributed by atoms with Crippen LogP contribution in [0.2, 0.25) is 0 Å². The first-order valence-corrected chi connectivity index (χ1v) is 11.7. The van der Waals surface area contributed by atoms with E-state index in [-0.39, 0.29) is 11.9 Å². The van der Waals surface area contributed by atoms with E-state index in [9.17, 15) is 4.79 Å². The van der Waals surface area contributed by atoms with E-state index in [4.69, 9.17) is 9.73 Å². The molecule has 6 nitrogen and oxygen atoms in total. The second kappa shape index (κ2) is 11.9. The van der Waals surface area contributed by atoms with Crippen LogP contribution in [0.25, 0.3) is 0 Å². The van der Waals surface area contributed by atoms with Crippen LogP contribution in [0.15, 0.2) is 35.3 Å².